The maximum Gasteiger partial charge on any atom is 0.168 e. The van der Waals surface area contributed by atoms with E-state index in [1.165, 1.54) is 0 Å². The summed E-state index contributed by atoms with van der Waals surface area (Å²) in [4.78, 5) is 0. The molecule has 12 heteroatoms. The van der Waals surface area contributed by atoms with Gasteiger partial charge in [-0.2, -0.15) is 0 Å². The lowest BCUT2D eigenvalue weighted by Gasteiger charge is -2.50. The second kappa shape index (κ2) is 8.79. The molecule has 0 saturated heterocycles. The van der Waals surface area contributed by atoms with Crippen LogP contribution in [0.15, 0.2) is 0 Å². The Kier molecular flexibility index (Phi) is 12.9. The summed E-state index contributed by atoms with van der Waals surface area (Å²) < 4.78 is -1.67. The molecule has 0 fully saturated rings. The molecule has 0 aromatic rings. The first-order chi connectivity index (χ1) is 7.00. The van der Waals surface area contributed by atoms with Crippen molar-refractivity contribution in [3.63, 3.8) is 0 Å². The lowest BCUT2D eigenvalue weighted by atomic mass is 10.2. The van der Waals surface area contributed by atoms with Gasteiger partial charge in [-0.3, -0.25) is 0 Å². The number of aliphatic hydroxyl groups is 1. The predicted octanol–water partition coefficient (Wildman–Crippen LogP) is 8.16. The van der Waals surface area contributed by atoms with Gasteiger partial charge >= 0.3 is 0 Å². The SMILES string of the molecule is OC(I)(C(I)(I)C(I)(I)I)C(I)(I)C(I)(I)I. The van der Waals surface area contributed by atoms with E-state index in [1.807, 2.05) is 0 Å². The molecule has 0 radical (unpaired) electrons. The number of halogens is 11. The standard InChI is InChI=1S/C5HI11O/c6-1(7,4(11,12)13)3(10,17)2(8,9)5(14,15)16/h17H. The van der Waals surface area contributed by atoms with Gasteiger partial charge < -0.3 is 5.11 Å². The summed E-state index contributed by atoms with van der Waals surface area (Å²) in [6.07, 6.45) is 0. The smallest absolute Gasteiger partial charge is 0.168 e. The van der Waals surface area contributed by atoms with Gasteiger partial charge in [0.25, 0.3) is 0 Å². The quantitative estimate of drug-likeness (QED) is 0.223. The first kappa shape index (κ1) is 25.0. The van der Waals surface area contributed by atoms with Gasteiger partial charge in [0.2, 0.25) is 0 Å². The maximum atomic E-state index is 11.2. The van der Waals surface area contributed by atoms with Crippen molar-refractivity contribution in [2.24, 2.45) is 0 Å². The fraction of sp³-hybridized carbons (Fsp3) is 1.00. The fourth-order valence-corrected chi connectivity index (χ4v) is 10.5. The third kappa shape index (κ3) is 5.99. The average molecular weight is 1470 g/mol. The topological polar surface area (TPSA) is 20.2 Å². The maximum absolute atomic E-state index is 11.2. The molecule has 17 heavy (non-hydrogen) atoms. The highest BCUT2D eigenvalue weighted by Crippen LogP contribution is 2.71. The highest BCUT2D eigenvalue weighted by molar-refractivity contribution is 14.3. The van der Waals surface area contributed by atoms with E-state index >= 15 is 0 Å². The normalized spacial score (nSPS) is 16.2. The van der Waals surface area contributed by atoms with E-state index in [2.05, 4.69) is 248 Å². The molecule has 0 heterocycles. The van der Waals surface area contributed by atoms with Crippen molar-refractivity contribution in [1.29, 1.82) is 0 Å². The molecule has 0 aromatic carbocycles. The van der Waals surface area contributed by atoms with Crippen LogP contribution in [-0.2, 0) is 0 Å². The highest BCUT2D eigenvalue weighted by atomic mass is 127. The predicted molar refractivity (Wildman–Crippen MR) is 170 cm³/mol. The van der Waals surface area contributed by atoms with Gasteiger partial charge in [-0.15, -0.1) is 0 Å². The molecule has 0 bridgehead atoms. The van der Waals surface area contributed by atoms with E-state index < -0.39 is 3.61 Å². The van der Waals surface area contributed by atoms with Crippen LogP contribution in [0.4, 0.5) is 0 Å². The van der Waals surface area contributed by atoms with E-state index in [0.717, 1.165) is 0 Å². The Morgan fingerprint density at radius 3 is 0.765 bits per heavy atom. The molecule has 0 aliphatic heterocycles. The van der Waals surface area contributed by atoms with Crippen LogP contribution in [0.3, 0.4) is 0 Å². The number of rotatable bonds is 4. The zero-order chi connectivity index (χ0) is 14.5. The van der Waals surface area contributed by atoms with E-state index in [9.17, 15) is 5.11 Å². The van der Waals surface area contributed by atoms with E-state index in [1.54, 1.807) is 0 Å². The van der Waals surface area contributed by atoms with Crippen LogP contribution in [0.5, 0.6) is 0 Å². The molecular formula is C5HI11O. The summed E-state index contributed by atoms with van der Waals surface area (Å²) >= 11 is 26.1. The second-order valence-corrected chi connectivity index (χ2v) is 37.0. The minimum absolute atomic E-state index is 0.0892. The van der Waals surface area contributed by atoms with Crippen molar-refractivity contribution in [3.05, 3.63) is 0 Å². The molecule has 0 aliphatic carbocycles. The molecule has 0 rings (SSSR count). The Hall–Kier alpha value is 7.99. The number of alkyl halides is 11. The van der Waals surface area contributed by atoms with Gasteiger partial charge in [0.05, 0.1) is 0 Å². The van der Waals surface area contributed by atoms with Crippen LogP contribution in [0, 0.1) is 0 Å². The molecule has 104 valence electrons. The van der Waals surface area contributed by atoms with Crippen LogP contribution in [0.25, 0.3) is 0 Å². The Bertz CT molecular complexity index is 255. The zero-order valence-corrected chi connectivity index (χ0v) is 30.8. The van der Waals surface area contributed by atoms with Crippen molar-refractivity contribution in [3.8, 4) is 0 Å². The summed E-state index contributed by atoms with van der Waals surface area (Å²) in [6.45, 7) is 0. The molecule has 0 aliphatic rings. The molecule has 0 amide bonds. The lowest BCUT2D eigenvalue weighted by molar-refractivity contribution is 0.159. The van der Waals surface area contributed by atoms with Crippen LogP contribution in [-0.4, -0.2) is 10.4 Å². The van der Waals surface area contributed by atoms with Crippen molar-refractivity contribution in [2.75, 3.05) is 0 Å². The summed E-state index contributed by atoms with van der Waals surface area (Å²) in [5.74, 6) is 0. The summed E-state index contributed by atoms with van der Waals surface area (Å²) in [6, 6.07) is 0. The number of hydrogen-bond acceptors (Lipinski definition) is 1. The van der Waals surface area contributed by atoms with Crippen LogP contribution >= 0.6 is 248 Å². The molecule has 1 nitrogen and oxygen atoms in total. The minimum atomic E-state index is -0.868. The monoisotopic (exact) mass is 1470 g/mol. The van der Waals surface area contributed by atoms with Crippen molar-refractivity contribution < 1.29 is 5.11 Å². The third-order valence-electron chi connectivity index (χ3n) is 1.54. The fourth-order valence-electron chi connectivity index (χ4n) is 0.573. The van der Waals surface area contributed by atoms with Crippen molar-refractivity contribution >= 4 is 248 Å². The molecule has 1 N–H and O–H groups in total. The molecule has 0 spiro atoms. The van der Waals surface area contributed by atoms with Crippen LogP contribution in [0.2, 0.25) is 0 Å². The van der Waals surface area contributed by atoms with E-state index in [4.69, 9.17) is 0 Å². The lowest BCUT2D eigenvalue weighted by Crippen LogP contribution is -2.61. The Balaban J connectivity index is 5.73. The van der Waals surface area contributed by atoms with Gasteiger partial charge in [0.15, 0.2) is 2.48 Å². The first-order valence-electron chi connectivity index (χ1n) is 3.30. The van der Waals surface area contributed by atoms with Gasteiger partial charge in [0.1, 0.15) is 2.86 Å². The Labute approximate surface area is 251 Å². The minimum Gasteiger partial charge on any atom is -0.375 e. The van der Waals surface area contributed by atoms with E-state index in [0.29, 0.717) is 0 Å². The molecule has 0 atom stereocenters. The summed E-state index contributed by atoms with van der Waals surface area (Å²) in [5, 5.41) is 11.2. The van der Waals surface area contributed by atoms with Gasteiger partial charge in [0, 0.05) is 0 Å². The molecular weight excluding hydrogens is 1470 g/mol. The highest BCUT2D eigenvalue weighted by Gasteiger charge is 2.69. The summed E-state index contributed by atoms with van der Waals surface area (Å²) in [7, 11) is 0. The Morgan fingerprint density at radius 2 is 0.647 bits per heavy atom. The molecule has 0 unspecified atom stereocenters. The first-order valence-corrected chi connectivity index (χ1v) is 15.2. The van der Waals surface area contributed by atoms with E-state index in [-0.39, 0.29) is 1.73 Å². The second-order valence-electron chi connectivity index (χ2n) is 2.77. The third-order valence-corrected chi connectivity index (χ3v) is 30.9. The van der Waals surface area contributed by atoms with Crippen LogP contribution in [0.1, 0.15) is 0 Å². The molecule has 0 saturated carbocycles. The van der Waals surface area contributed by atoms with Gasteiger partial charge in [-0.1, -0.05) is 226 Å². The van der Waals surface area contributed by atoms with Crippen LogP contribution < -0.4 is 0 Å². The Morgan fingerprint density at radius 1 is 0.471 bits per heavy atom. The summed E-state index contributed by atoms with van der Waals surface area (Å²) in [5.41, 5.74) is 0. The van der Waals surface area contributed by atoms with Gasteiger partial charge in [-0.25, -0.2) is 0 Å². The van der Waals surface area contributed by atoms with Crippen molar-refractivity contribution in [1.82, 2.24) is 0 Å². The van der Waals surface area contributed by atoms with Crippen molar-refractivity contribution in [2.45, 2.75) is 5.34 Å². The zero-order valence-electron chi connectivity index (χ0n) is 7.10. The average Bonchev–Trinajstić information content (AvgIpc) is 1.98. The largest absolute Gasteiger partial charge is 0.375 e. The number of hydrogen-bond donors (Lipinski definition) is 1. The molecule has 0 aromatic heterocycles. The van der Waals surface area contributed by atoms with Gasteiger partial charge in [-0.05, 0) is 22.6 Å².